The number of rotatable bonds is 9. The summed E-state index contributed by atoms with van der Waals surface area (Å²) in [4.78, 5) is 15.9. The second-order valence-electron chi connectivity index (χ2n) is 8.79. The molecule has 6 nitrogen and oxygen atoms in total. The van der Waals surface area contributed by atoms with Crippen LogP contribution in [-0.2, 0) is 11.4 Å². The van der Waals surface area contributed by atoms with Crippen molar-refractivity contribution in [2.75, 3.05) is 0 Å². The molecule has 4 rings (SSSR count). The topological polar surface area (TPSA) is 104 Å². The molecule has 2 unspecified atom stereocenters. The molecule has 0 amide bonds. The second-order valence-corrected chi connectivity index (χ2v) is 8.79. The highest BCUT2D eigenvalue weighted by Gasteiger charge is 2.32. The Kier molecular flexibility index (Phi) is 7.35. The quantitative estimate of drug-likeness (QED) is 0.385. The summed E-state index contributed by atoms with van der Waals surface area (Å²) in [6.45, 7) is 0.327. The molecule has 0 spiro atoms. The number of fused-ring (bicyclic) bond motifs is 1. The SMILES string of the molecule is N=C(C1CCCCC1)C(c1ccc(OCc2ccc3ccccc3n2)cc1)C(O)CC(=O)O. The minimum atomic E-state index is -1.13. The van der Waals surface area contributed by atoms with Gasteiger partial charge in [-0.25, -0.2) is 4.98 Å². The fraction of sp³-hybridized carbons (Fsp3) is 0.370. The number of benzene rings is 2. The molecule has 1 saturated carbocycles. The molecule has 1 fully saturated rings. The van der Waals surface area contributed by atoms with Gasteiger partial charge in [-0.3, -0.25) is 4.79 Å². The highest BCUT2D eigenvalue weighted by molar-refractivity contribution is 5.91. The smallest absolute Gasteiger partial charge is 0.306 e. The third kappa shape index (κ3) is 5.76. The van der Waals surface area contributed by atoms with Gasteiger partial charge in [0.25, 0.3) is 0 Å². The third-order valence-corrected chi connectivity index (χ3v) is 6.43. The van der Waals surface area contributed by atoms with Crippen molar-refractivity contribution in [3.05, 3.63) is 71.9 Å². The summed E-state index contributed by atoms with van der Waals surface area (Å²) < 4.78 is 5.90. The number of pyridine rings is 1. The Hall–Kier alpha value is -3.25. The normalized spacial score (nSPS) is 16.3. The number of aliphatic carboxylic acids is 1. The maximum atomic E-state index is 11.2. The lowest BCUT2D eigenvalue weighted by Crippen LogP contribution is -2.33. The van der Waals surface area contributed by atoms with E-state index in [0.717, 1.165) is 47.8 Å². The van der Waals surface area contributed by atoms with Crippen LogP contribution in [0.4, 0.5) is 0 Å². The zero-order valence-electron chi connectivity index (χ0n) is 18.6. The lowest BCUT2D eigenvalue weighted by molar-refractivity contribution is -0.139. The first-order valence-electron chi connectivity index (χ1n) is 11.6. The molecule has 1 aliphatic rings. The predicted molar refractivity (Wildman–Crippen MR) is 128 cm³/mol. The van der Waals surface area contributed by atoms with E-state index in [1.165, 1.54) is 6.42 Å². The number of para-hydroxylation sites is 1. The molecule has 6 heteroatoms. The van der Waals surface area contributed by atoms with Gasteiger partial charge in [-0.2, -0.15) is 0 Å². The molecule has 3 N–H and O–H groups in total. The zero-order valence-corrected chi connectivity index (χ0v) is 18.6. The highest BCUT2D eigenvalue weighted by Crippen LogP contribution is 2.34. The highest BCUT2D eigenvalue weighted by atomic mass is 16.5. The van der Waals surface area contributed by atoms with Gasteiger partial charge in [0.05, 0.1) is 23.7 Å². The Labute approximate surface area is 193 Å². The van der Waals surface area contributed by atoms with E-state index in [4.69, 9.17) is 10.1 Å². The lowest BCUT2D eigenvalue weighted by atomic mass is 9.76. The standard InChI is InChI=1S/C27H30N2O4/c28-27(20-7-2-1-3-8-20)26(24(30)16-25(31)32)19-11-14-22(15-12-19)33-17-21-13-10-18-6-4-5-9-23(18)29-21/h4-6,9-15,20,24,26,28,30H,1-3,7-8,16-17H2,(H,31,32). The average molecular weight is 447 g/mol. The van der Waals surface area contributed by atoms with E-state index in [0.29, 0.717) is 18.1 Å². The minimum Gasteiger partial charge on any atom is -0.487 e. The number of nitrogens with zero attached hydrogens (tertiary/aromatic N) is 1. The fourth-order valence-electron chi connectivity index (χ4n) is 4.69. The van der Waals surface area contributed by atoms with Gasteiger partial charge < -0.3 is 20.4 Å². The molecule has 0 aliphatic heterocycles. The number of carbonyl (C=O) groups is 1. The first-order valence-corrected chi connectivity index (χ1v) is 11.6. The maximum absolute atomic E-state index is 11.2. The van der Waals surface area contributed by atoms with Crippen molar-refractivity contribution in [3.8, 4) is 5.75 Å². The van der Waals surface area contributed by atoms with Gasteiger partial charge in [-0.15, -0.1) is 0 Å². The van der Waals surface area contributed by atoms with E-state index in [-0.39, 0.29) is 12.3 Å². The monoisotopic (exact) mass is 446 g/mol. The Bertz CT molecular complexity index is 1110. The van der Waals surface area contributed by atoms with Crippen LogP contribution >= 0.6 is 0 Å². The molecule has 33 heavy (non-hydrogen) atoms. The molecular formula is C27H30N2O4. The zero-order chi connectivity index (χ0) is 23.2. The van der Waals surface area contributed by atoms with Crippen LogP contribution in [0.2, 0.25) is 0 Å². The molecular weight excluding hydrogens is 416 g/mol. The van der Waals surface area contributed by atoms with E-state index in [9.17, 15) is 15.0 Å². The second kappa shape index (κ2) is 10.6. The Morgan fingerprint density at radius 3 is 2.48 bits per heavy atom. The third-order valence-electron chi connectivity index (χ3n) is 6.43. The van der Waals surface area contributed by atoms with Crippen LogP contribution in [-0.4, -0.2) is 33.0 Å². The molecule has 172 valence electrons. The molecule has 0 radical (unpaired) electrons. The van der Waals surface area contributed by atoms with Crippen molar-refractivity contribution in [2.45, 2.75) is 57.2 Å². The molecule has 1 aromatic heterocycles. The maximum Gasteiger partial charge on any atom is 0.306 e. The number of aliphatic hydroxyl groups excluding tert-OH is 1. The Balaban J connectivity index is 1.47. The summed E-state index contributed by atoms with van der Waals surface area (Å²) in [7, 11) is 0. The summed E-state index contributed by atoms with van der Waals surface area (Å²) >= 11 is 0. The largest absolute Gasteiger partial charge is 0.487 e. The van der Waals surface area contributed by atoms with Crippen molar-refractivity contribution in [2.24, 2.45) is 5.92 Å². The van der Waals surface area contributed by atoms with Crippen LogP contribution in [0.5, 0.6) is 5.75 Å². The molecule has 3 aromatic rings. The van der Waals surface area contributed by atoms with Gasteiger partial charge in [0, 0.05) is 17.0 Å². The van der Waals surface area contributed by atoms with E-state index >= 15 is 0 Å². The van der Waals surface area contributed by atoms with Crippen molar-refractivity contribution < 1.29 is 19.7 Å². The van der Waals surface area contributed by atoms with Crippen LogP contribution < -0.4 is 4.74 Å². The number of aromatic nitrogens is 1. The lowest BCUT2D eigenvalue weighted by Gasteiger charge is -2.30. The van der Waals surface area contributed by atoms with Gasteiger partial charge >= 0.3 is 5.97 Å². The number of carboxylic acid groups (broad SMARTS) is 1. The van der Waals surface area contributed by atoms with Crippen LogP contribution in [0.3, 0.4) is 0 Å². The van der Waals surface area contributed by atoms with Gasteiger partial charge in [0.1, 0.15) is 12.4 Å². The molecule has 0 saturated heterocycles. The predicted octanol–water partition coefficient (Wildman–Crippen LogP) is 5.33. The number of hydrogen-bond acceptors (Lipinski definition) is 5. The Morgan fingerprint density at radius 2 is 1.76 bits per heavy atom. The van der Waals surface area contributed by atoms with Crippen LogP contribution in [0.15, 0.2) is 60.7 Å². The summed E-state index contributed by atoms with van der Waals surface area (Å²) in [5.74, 6) is -0.932. The van der Waals surface area contributed by atoms with Crippen LogP contribution in [0.1, 0.15) is 55.7 Å². The molecule has 1 heterocycles. The fourth-order valence-corrected chi connectivity index (χ4v) is 4.69. The first kappa shape index (κ1) is 22.9. The van der Waals surface area contributed by atoms with Crippen molar-refractivity contribution in [1.82, 2.24) is 4.98 Å². The van der Waals surface area contributed by atoms with Crippen molar-refractivity contribution in [1.29, 1.82) is 5.41 Å². The van der Waals surface area contributed by atoms with Gasteiger partial charge in [0.15, 0.2) is 0 Å². The number of carboxylic acids is 1. The number of ether oxygens (including phenoxy) is 1. The summed E-state index contributed by atoms with van der Waals surface area (Å²) in [5.41, 5.74) is 2.94. The van der Waals surface area contributed by atoms with E-state index in [1.807, 2.05) is 60.7 Å². The Morgan fingerprint density at radius 1 is 1.03 bits per heavy atom. The van der Waals surface area contributed by atoms with Gasteiger partial charge in [-0.05, 0) is 48.6 Å². The average Bonchev–Trinajstić information content (AvgIpc) is 2.83. The van der Waals surface area contributed by atoms with Gasteiger partial charge in [0.2, 0.25) is 0 Å². The summed E-state index contributed by atoms with van der Waals surface area (Å²) in [6, 6.07) is 19.2. The number of nitrogens with one attached hydrogen (secondary N) is 1. The van der Waals surface area contributed by atoms with E-state index < -0.39 is 18.0 Å². The van der Waals surface area contributed by atoms with Crippen molar-refractivity contribution >= 4 is 22.6 Å². The molecule has 2 atom stereocenters. The summed E-state index contributed by atoms with van der Waals surface area (Å²) in [5, 5.41) is 29.7. The molecule has 1 aliphatic carbocycles. The van der Waals surface area contributed by atoms with E-state index in [1.54, 1.807) is 0 Å². The van der Waals surface area contributed by atoms with E-state index in [2.05, 4.69) is 4.98 Å². The minimum absolute atomic E-state index is 0.0992. The van der Waals surface area contributed by atoms with Crippen LogP contribution in [0, 0.1) is 11.3 Å². The molecule has 2 aromatic carbocycles. The number of hydrogen-bond donors (Lipinski definition) is 3. The first-order chi connectivity index (χ1) is 16.0. The summed E-state index contributed by atoms with van der Waals surface area (Å²) in [6.07, 6.45) is 3.65. The molecule has 0 bridgehead atoms. The van der Waals surface area contributed by atoms with Crippen LogP contribution in [0.25, 0.3) is 10.9 Å². The van der Waals surface area contributed by atoms with Gasteiger partial charge in [-0.1, -0.05) is 55.7 Å². The number of aliphatic hydroxyl groups is 1. The van der Waals surface area contributed by atoms with Crippen molar-refractivity contribution in [3.63, 3.8) is 0 Å².